The predicted octanol–water partition coefficient (Wildman–Crippen LogP) is 3.42. The van der Waals surface area contributed by atoms with Crippen molar-refractivity contribution in [3.8, 4) is 0 Å². The number of allylic oxidation sites excluding steroid dienone is 6. The number of carboxylic acids is 1. The number of carboxylic acid groups (broad SMARTS) is 1. The van der Waals surface area contributed by atoms with Crippen LogP contribution in [0.15, 0.2) is 45.4 Å². The second kappa shape index (κ2) is 4.76. The molecule has 0 amide bonds. The molecule has 1 N–H and O–H groups in total. The van der Waals surface area contributed by atoms with Crippen molar-refractivity contribution in [1.29, 1.82) is 0 Å². The van der Waals surface area contributed by atoms with Gasteiger partial charge in [0.25, 0.3) is 0 Å². The number of fused-ring (bicyclic) bond motifs is 2. The maximum absolute atomic E-state index is 10.1. The molecule has 0 spiro atoms. The average molecular weight is 298 g/mol. The van der Waals surface area contributed by atoms with Crippen LogP contribution in [-0.4, -0.2) is 16.1 Å². The second-order valence-corrected chi connectivity index (χ2v) is 5.68. The number of halogens is 1. The summed E-state index contributed by atoms with van der Waals surface area (Å²) in [5.41, 5.74) is 2.94. The van der Waals surface area contributed by atoms with Crippen LogP contribution >= 0.6 is 27.3 Å². The third kappa shape index (κ3) is 2.68. The summed E-state index contributed by atoms with van der Waals surface area (Å²) in [6.45, 7) is 0. The van der Waals surface area contributed by atoms with Crippen molar-refractivity contribution in [2.45, 2.75) is 6.42 Å². The Kier molecular flexibility index (Phi) is 3.36. The van der Waals surface area contributed by atoms with Crippen LogP contribution in [0.3, 0.4) is 0 Å². The van der Waals surface area contributed by atoms with Gasteiger partial charge in [-0.15, -0.1) is 11.3 Å². The van der Waals surface area contributed by atoms with Gasteiger partial charge in [-0.25, -0.2) is 9.78 Å². The molecular weight excluding hydrogens is 290 g/mol. The van der Waals surface area contributed by atoms with Crippen LogP contribution in [0.1, 0.15) is 16.2 Å². The zero-order valence-corrected chi connectivity index (χ0v) is 10.6. The Labute approximate surface area is 105 Å². The normalized spacial score (nSPS) is 15.3. The van der Waals surface area contributed by atoms with E-state index in [1.165, 1.54) is 23.8 Å². The summed E-state index contributed by atoms with van der Waals surface area (Å²) in [7, 11) is 0. The summed E-state index contributed by atoms with van der Waals surface area (Å²) in [5, 5.41) is 8.44. The van der Waals surface area contributed by atoms with Gasteiger partial charge in [-0.1, -0.05) is 24.3 Å². The van der Waals surface area contributed by atoms with E-state index in [1.54, 1.807) is 0 Å². The lowest BCUT2D eigenvalue weighted by molar-refractivity contribution is 0.0696. The van der Waals surface area contributed by atoms with Gasteiger partial charge in [0.1, 0.15) is 0 Å². The zero-order chi connectivity index (χ0) is 11.5. The quantitative estimate of drug-likeness (QED) is 0.864. The first-order valence-electron chi connectivity index (χ1n) is 4.57. The highest BCUT2D eigenvalue weighted by atomic mass is 79.9. The molecule has 3 rings (SSSR count). The number of aromatic nitrogens is 1. The summed E-state index contributed by atoms with van der Waals surface area (Å²) in [5.74, 6) is -0.981. The Morgan fingerprint density at radius 2 is 2.00 bits per heavy atom. The lowest BCUT2D eigenvalue weighted by Gasteiger charge is -1.77. The van der Waals surface area contributed by atoms with E-state index < -0.39 is 5.97 Å². The van der Waals surface area contributed by atoms with Crippen LogP contribution < -0.4 is 0 Å². The highest BCUT2D eigenvalue weighted by Gasteiger charge is 2.07. The van der Waals surface area contributed by atoms with Gasteiger partial charge in [0.05, 0.1) is 9.98 Å². The molecule has 0 atom stereocenters. The molecule has 0 aromatic carbocycles. The van der Waals surface area contributed by atoms with Crippen LogP contribution in [-0.2, 0) is 0 Å². The lowest BCUT2D eigenvalue weighted by atomic mass is 10.3. The third-order valence-corrected chi connectivity index (χ3v) is 3.56. The number of hydrogen-bond acceptors (Lipinski definition) is 3. The van der Waals surface area contributed by atoms with E-state index in [-0.39, 0.29) is 5.01 Å². The second-order valence-electron chi connectivity index (χ2n) is 3.27. The maximum Gasteiger partial charge on any atom is 0.365 e. The monoisotopic (exact) mass is 297 g/mol. The summed E-state index contributed by atoms with van der Waals surface area (Å²) >= 11 is 4.19. The average Bonchev–Trinajstić information content (AvgIpc) is 2.93. The molecular formula is C11H8BrNO2S. The van der Waals surface area contributed by atoms with E-state index in [9.17, 15) is 4.79 Å². The van der Waals surface area contributed by atoms with Crippen molar-refractivity contribution in [2.24, 2.45) is 0 Å². The molecule has 1 aromatic heterocycles. The number of hydrogen-bond donors (Lipinski definition) is 1. The molecule has 16 heavy (non-hydrogen) atoms. The summed E-state index contributed by atoms with van der Waals surface area (Å²) < 4.78 is 0.736. The fourth-order valence-corrected chi connectivity index (χ4v) is 2.41. The SMILES string of the molecule is C1=CC2=CC=C1C2.O=C(O)c1ncc(Br)s1. The Morgan fingerprint density at radius 1 is 1.38 bits per heavy atom. The Balaban J connectivity index is 0.000000123. The molecule has 1 heterocycles. The minimum absolute atomic E-state index is 0.113. The van der Waals surface area contributed by atoms with Gasteiger partial charge >= 0.3 is 5.97 Å². The van der Waals surface area contributed by atoms with Crippen molar-refractivity contribution in [3.63, 3.8) is 0 Å². The molecule has 0 unspecified atom stereocenters. The highest BCUT2D eigenvalue weighted by molar-refractivity contribution is 9.11. The first kappa shape index (κ1) is 11.3. The number of thiazole rings is 1. The minimum Gasteiger partial charge on any atom is -0.476 e. The lowest BCUT2D eigenvalue weighted by Crippen LogP contribution is -1.92. The van der Waals surface area contributed by atoms with Gasteiger partial charge in [0, 0.05) is 0 Å². The Morgan fingerprint density at radius 3 is 2.19 bits per heavy atom. The molecule has 0 saturated carbocycles. The number of rotatable bonds is 1. The molecule has 2 bridgehead atoms. The van der Waals surface area contributed by atoms with Crippen molar-refractivity contribution in [2.75, 3.05) is 0 Å². The molecule has 0 radical (unpaired) electrons. The topological polar surface area (TPSA) is 50.2 Å². The number of nitrogens with zero attached hydrogens (tertiary/aromatic N) is 1. The van der Waals surface area contributed by atoms with Crippen LogP contribution in [0.2, 0.25) is 0 Å². The van der Waals surface area contributed by atoms with E-state index in [4.69, 9.17) is 5.11 Å². The molecule has 0 fully saturated rings. The van der Waals surface area contributed by atoms with Crippen molar-refractivity contribution >= 4 is 33.2 Å². The molecule has 0 aliphatic heterocycles. The minimum atomic E-state index is -0.981. The molecule has 0 saturated heterocycles. The van der Waals surface area contributed by atoms with E-state index >= 15 is 0 Å². The number of aromatic carboxylic acids is 1. The highest BCUT2D eigenvalue weighted by Crippen LogP contribution is 2.27. The van der Waals surface area contributed by atoms with E-state index in [2.05, 4.69) is 45.2 Å². The summed E-state index contributed by atoms with van der Waals surface area (Å²) in [6.07, 6.45) is 11.4. The van der Waals surface area contributed by atoms with Crippen LogP contribution in [0.25, 0.3) is 0 Å². The van der Waals surface area contributed by atoms with Crippen LogP contribution in [0.5, 0.6) is 0 Å². The Hall–Kier alpha value is -1.20. The fourth-order valence-electron chi connectivity index (χ4n) is 1.36. The standard InChI is InChI=1S/C7H6.C4H2BrNO2S/c1-2-7-4-3-6(1)5-7;5-2-1-6-3(9-2)4(7)8/h1-4H,5H2;1H,(H,7,8). The van der Waals surface area contributed by atoms with E-state index in [1.807, 2.05) is 0 Å². The fraction of sp³-hybridized carbons (Fsp3) is 0.0909. The van der Waals surface area contributed by atoms with Gasteiger partial charge in [-0.3, -0.25) is 0 Å². The zero-order valence-electron chi connectivity index (χ0n) is 8.18. The van der Waals surface area contributed by atoms with Crippen LogP contribution in [0.4, 0.5) is 0 Å². The van der Waals surface area contributed by atoms with Crippen LogP contribution in [0, 0.1) is 0 Å². The predicted molar refractivity (Wildman–Crippen MR) is 66.7 cm³/mol. The maximum atomic E-state index is 10.1. The van der Waals surface area contributed by atoms with E-state index in [0.29, 0.717) is 0 Å². The molecule has 82 valence electrons. The number of carbonyl (C=O) groups is 1. The summed E-state index contributed by atoms with van der Waals surface area (Å²) in [6, 6.07) is 0. The molecule has 5 heteroatoms. The molecule has 3 nitrogen and oxygen atoms in total. The smallest absolute Gasteiger partial charge is 0.365 e. The van der Waals surface area contributed by atoms with E-state index in [0.717, 1.165) is 15.1 Å². The molecule has 2 aliphatic carbocycles. The third-order valence-electron chi connectivity index (χ3n) is 2.09. The van der Waals surface area contributed by atoms with Crippen molar-refractivity contribution < 1.29 is 9.90 Å². The first-order valence-corrected chi connectivity index (χ1v) is 6.18. The molecule has 2 aliphatic rings. The van der Waals surface area contributed by atoms with Gasteiger partial charge < -0.3 is 5.11 Å². The van der Waals surface area contributed by atoms with Gasteiger partial charge in [-0.05, 0) is 33.5 Å². The first-order chi connectivity index (χ1) is 7.65. The van der Waals surface area contributed by atoms with Gasteiger partial charge in [0.15, 0.2) is 0 Å². The van der Waals surface area contributed by atoms with Crippen molar-refractivity contribution in [3.05, 3.63) is 50.4 Å². The van der Waals surface area contributed by atoms with Gasteiger partial charge in [-0.2, -0.15) is 0 Å². The Bertz CT molecular complexity index is 494. The largest absolute Gasteiger partial charge is 0.476 e. The molecule has 1 aromatic rings. The van der Waals surface area contributed by atoms with Crippen molar-refractivity contribution in [1.82, 2.24) is 4.98 Å². The summed E-state index contributed by atoms with van der Waals surface area (Å²) in [4.78, 5) is 13.7. The van der Waals surface area contributed by atoms with Gasteiger partial charge in [0.2, 0.25) is 5.01 Å².